The molecule has 20 heavy (non-hydrogen) atoms. The van der Waals surface area contributed by atoms with Crippen LogP contribution >= 0.6 is 0 Å². The quantitative estimate of drug-likeness (QED) is 0.752. The molecule has 0 saturated carbocycles. The van der Waals surface area contributed by atoms with Gasteiger partial charge in [-0.15, -0.1) is 0 Å². The fourth-order valence-electron chi connectivity index (χ4n) is 2.64. The molecule has 3 heteroatoms. The lowest BCUT2D eigenvalue weighted by molar-refractivity contribution is 0.203. The fourth-order valence-corrected chi connectivity index (χ4v) is 2.64. The molecule has 0 fully saturated rings. The predicted octanol–water partition coefficient (Wildman–Crippen LogP) is 3.38. The second kappa shape index (κ2) is 8.28. The first-order chi connectivity index (χ1) is 9.59. The van der Waals surface area contributed by atoms with Crippen LogP contribution in [0.4, 0.5) is 0 Å². The zero-order valence-corrected chi connectivity index (χ0v) is 13.5. The molecule has 1 rings (SSSR count). The highest BCUT2D eigenvalue weighted by molar-refractivity contribution is 5.33. The van der Waals surface area contributed by atoms with Crippen molar-refractivity contribution in [2.75, 3.05) is 26.7 Å². The van der Waals surface area contributed by atoms with E-state index in [1.165, 1.54) is 0 Å². The van der Waals surface area contributed by atoms with E-state index < -0.39 is 0 Å². The minimum absolute atomic E-state index is 0.307. The molecule has 0 aromatic heterocycles. The summed E-state index contributed by atoms with van der Waals surface area (Å²) >= 11 is 0. The number of nitrogens with two attached hydrogens (primary N) is 1. The molecule has 0 heterocycles. The number of methoxy groups -OCH3 is 1. The number of ether oxygens (including phenoxy) is 1. The average molecular weight is 278 g/mol. The largest absolute Gasteiger partial charge is 0.497 e. The van der Waals surface area contributed by atoms with E-state index >= 15 is 0 Å². The van der Waals surface area contributed by atoms with Gasteiger partial charge in [-0.3, -0.25) is 0 Å². The minimum atomic E-state index is -0.307. The Hall–Kier alpha value is -1.06. The molecular weight excluding hydrogens is 248 g/mol. The van der Waals surface area contributed by atoms with E-state index in [2.05, 4.69) is 37.8 Å². The molecule has 114 valence electrons. The Balaban J connectivity index is 2.93. The minimum Gasteiger partial charge on any atom is -0.497 e. The van der Waals surface area contributed by atoms with Gasteiger partial charge in [0.2, 0.25) is 0 Å². The Morgan fingerprint density at radius 3 is 2.30 bits per heavy atom. The summed E-state index contributed by atoms with van der Waals surface area (Å²) in [7, 11) is 1.70. The third-order valence-electron chi connectivity index (χ3n) is 3.86. The van der Waals surface area contributed by atoms with Crippen molar-refractivity contribution in [1.82, 2.24) is 4.90 Å². The van der Waals surface area contributed by atoms with Crippen LogP contribution in [0.1, 0.15) is 45.6 Å². The van der Waals surface area contributed by atoms with Gasteiger partial charge in [0.25, 0.3) is 0 Å². The molecule has 0 amide bonds. The van der Waals surface area contributed by atoms with Crippen molar-refractivity contribution in [1.29, 1.82) is 0 Å². The summed E-state index contributed by atoms with van der Waals surface area (Å²) < 4.78 is 5.33. The maximum atomic E-state index is 6.71. The molecular formula is C17H30N2O. The van der Waals surface area contributed by atoms with Crippen molar-refractivity contribution in [2.45, 2.75) is 45.6 Å². The van der Waals surface area contributed by atoms with Crippen molar-refractivity contribution in [3.63, 3.8) is 0 Å². The summed E-state index contributed by atoms with van der Waals surface area (Å²) in [4.78, 5) is 2.48. The van der Waals surface area contributed by atoms with E-state index in [1.54, 1.807) is 7.11 Å². The van der Waals surface area contributed by atoms with Crippen LogP contribution in [0, 0.1) is 0 Å². The number of benzene rings is 1. The van der Waals surface area contributed by atoms with Gasteiger partial charge in [-0.2, -0.15) is 0 Å². The standard InChI is InChI=1S/C17H30N2O/c1-5-11-19(12-6-2)14-17(18,7-3)15-9-8-10-16(13-15)20-4/h8-10,13H,5-7,11-12,14,18H2,1-4H3. The molecule has 2 N–H and O–H groups in total. The third kappa shape index (κ3) is 4.50. The van der Waals surface area contributed by atoms with Gasteiger partial charge in [0, 0.05) is 6.54 Å². The van der Waals surface area contributed by atoms with Crippen LogP contribution in [0.15, 0.2) is 24.3 Å². The first-order valence-electron chi connectivity index (χ1n) is 7.75. The van der Waals surface area contributed by atoms with Gasteiger partial charge in [0.05, 0.1) is 12.6 Å². The summed E-state index contributed by atoms with van der Waals surface area (Å²) in [5.74, 6) is 0.878. The van der Waals surface area contributed by atoms with Gasteiger partial charge in [0.1, 0.15) is 5.75 Å². The molecule has 0 bridgehead atoms. The summed E-state index contributed by atoms with van der Waals surface area (Å²) in [5, 5.41) is 0. The molecule has 0 aliphatic heterocycles. The lowest BCUT2D eigenvalue weighted by atomic mass is 9.87. The maximum Gasteiger partial charge on any atom is 0.119 e. The van der Waals surface area contributed by atoms with E-state index in [1.807, 2.05) is 12.1 Å². The highest BCUT2D eigenvalue weighted by Gasteiger charge is 2.28. The van der Waals surface area contributed by atoms with Crippen LogP contribution in [-0.4, -0.2) is 31.6 Å². The van der Waals surface area contributed by atoms with Crippen molar-refractivity contribution in [2.24, 2.45) is 5.73 Å². The molecule has 1 aromatic rings. The number of rotatable bonds is 9. The summed E-state index contributed by atoms with van der Waals surface area (Å²) in [6.45, 7) is 9.72. The van der Waals surface area contributed by atoms with Crippen LogP contribution < -0.4 is 10.5 Å². The molecule has 0 radical (unpaired) electrons. The summed E-state index contributed by atoms with van der Waals surface area (Å²) in [6.07, 6.45) is 3.25. The van der Waals surface area contributed by atoms with Gasteiger partial charge < -0.3 is 15.4 Å². The van der Waals surface area contributed by atoms with Crippen molar-refractivity contribution >= 4 is 0 Å². The molecule has 3 nitrogen and oxygen atoms in total. The monoisotopic (exact) mass is 278 g/mol. The second-order valence-corrected chi connectivity index (χ2v) is 5.52. The fraction of sp³-hybridized carbons (Fsp3) is 0.647. The zero-order valence-electron chi connectivity index (χ0n) is 13.5. The topological polar surface area (TPSA) is 38.5 Å². The Labute approximate surface area is 124 Å². The van der Waals surface area contributed by atoms with Gasteiger partial charge >= 0.3 is 0 Å². The molecule has 1 unspecified atom stereocenters. The smallest absolute Gasteiger partial charge is 0.119 e. The summed E-state index contributed by atoms with van der Waals surface area (Å²) in [5.41, 5.74) is 7.56. The van der Waals surface area contributed by atoms with Crippen LogP contribution in [0.5, 0.6) is 5.75 Å². The van der Waals surface area contributed by atoms with E-state index in [9.17, 15) is 0 Å². The normalized spacial score (nSPS) is 14.3. The number of hydrogen-bond acceptors (Lipinski definition) is 3. The van der Waals surface area contributed by atoms with Crippen LogP contribution in [0.2, 0.25) is 0 Å². The van der Waals surface area contributed by atoms with Gasteiger partial charge in [-0.25, -0.2) is 0 Å². The zero-order chi connectivity index (χ0) is 15.0. The first kappa shape index (κ1) is 17.0. The summed E-state index contributed by atoms with van der Waals surface area (Å²) in [6, 6.07) is 8.17. The van der Waals surface area contributed by atoms with E-state index in [0.29, 0.717) is 0 Å². The Morgan fingerprint density at radius 2 is 1.80 bits per heavy atom. The van der Waals surface area contributed by atoms with Crippen molar-refractivity contribution < 1.29 is 4.74 Å². The lowest BCUT2D eigenvalue weighted by Gasteiger charge is -2.35. The Kier molecular flexibility index (Phi) is 7.03. The highest BCUT2D eigenvalue weighted by atomic mass is 16.5. The van der Waals surface area contributed by atoms with Crippen molar-refractivity contribution in [3.05, 3.63) is 29.8 Å². The third-order valence-corrected chi connectivity index (χ3v) is 3.86. The average Bonchev–Trinajstić information content (AvgIpc) is 2.47. The molecule has 0 aliphatic carbocycles. The second-order valence-electron chi connectivity index (χ2n) is 5.52. The molecule has 0 saturated heterocycles. The van der Waals surface area contributed by atoms with Gasteiger partial charge in [0.15, 0.2) is 0 Å². The molecule has 0 spiro atoms. The van der Waals surface area contributed by atoms with E-state index in [-0.39, 0.29) is 5.54 Å². The van der Waals surface area contributed by atoms with E-state index in [0.717, 1.165) is 50.2 Å². The molecule has 0 aliphatic rings. The van der Waals surface area contributed by atoms with Crippen LogP contribution in [-0.2, 0) is 5.54 Å². The van der Waals surface area contributed by atoms with E-state index in [4.69, 9.17) is 10.5 Å². The van der Waals surface area contributed by atoms with Gasteiger partial charge in [-0.05, 0) is 50.0 Å². The van der Waals surface area contributed by atoms with Crippen LogP contribution in [0.3, 0.4) is 0 Å². The molecule has 1 aromatic carbocycles. The Bertz CT molecular complexity index is 388. The number of hydrogen-bond donors (Lipinski definition) is 1. The number of nitrogens with zero attached hydrogens (tertiary/aromatic N) is 1. The Morgan fingerprint density at radius 1 is 1.15 bits per heavy atom. The first-order valence-corrected chi connectivity index (χ1v) is 7.75. The lowest BCUT2D eigenvalue weighted by Crippen LogP contribution is -2.47. The van der Waals surface area contributed by atoms with Crippen LogP contribution in [0.25, 0.3) is 0 Å². The maximum absolute atomic E-state index is 6.71. The SMILES string of the molecule is CCCN(CCC)CC(N)(CC)c1cccc(OC)c1. The molecule has 1 atom stereocenters. The predicted molar refractivity (Wildman–Crippen MR) is 86.2 cm³/mol. The van der Waals surface area contributed by atoms with Crippen molar-refractivity contribution in [3.8, 4) is 5.75 Å². The highest BCUT2D eigenvalue weighted by Crippen LogP contribution is 2.26. The van der Waals surface area contributed by atoms with Gasteiger partial charge in [-0.1, -0.05) is 32.9 Å².